The lowest BCUT2D eigenvalue weighted by molar-refractivity contribution is -0.146. The first-order valence-corrected chi connectivity index (χ1v) is 13.6. The summed E-state index contributed by atoms with van der Waals surface area (Å²) < 4.78 is 6.75. The molecule has 3 fully saturated rings. The molecule has 2 unspecified atom stereocenters. The van der Waals surface area contributed by atoms with E-state index in [1.54, 1.807) is 4.90 Å². The average molecular weight is 508 g/mol. The lowest BCUT2D eigenvalue weighted by Crippen LogP contribution is -2.53. The molecule has 3 saturated heterocycles. The minimum absolute atomic E-state index is 0.0159. The number of likely N-dealkylation sites (tertiary alicyclic amines) is 1. The van der Waals surface area contributed by atoms with Crippen molar-refractivity contribution in [3.05, 3.63) is 42.5 Å². The molecule has 3 aliphatic rings. The normalized spacial score (nSPS) is 30.1. The van der Waals surface area contributed by atoms with Gasteiger partial charge in [-0.05, 0) is 61.4 Å². The minimum Gasteiger partial charge on any atom is -0.396 e. The molecule has 0 radical (unpaired) electrons. The van der Waals surface area contributed by atoms with Gasteiger partial charge in [-0.25, -0.2) is 0 Å². The van der Waals surface area contributed by atoms with E-state index in [1.807, 2.05) is 56.3 Å². The molecule has 8 heteroatoms. The second kappa shape index (κ2) is 10.1. The Morgan fingerprint density at radius 1 is 1.08 bits per heavy atom. The van der Waals surface area contributed by atoms with Crippen LogP contribution < -0.4 is 10.6 Å². The lowest BCUT2D eigenvalue weighted by Gasteiger charge is -2.34. The number of ether oxygens (including phenoxy) is 1. The Labute approximate surface area is 217 Å². The highest BCUT2D eigenvalue weighted by Gasteiger charge is 2.78. The topological polar surface area (TPSA) is 108 Å². The Morgan fingerprint density at radius 3 is 2.59 bits per heavy atom. The maximum Gasteiger partial charge on any atom is 0.250 e. The molecule has 2 aromatic rings. The Morgan fingerprint density at radius 2 is 1.86 bits per heavy atom. The lowest BCUT2D eigenvalue weighted by atomic mass is 9.65. The molecule has 37 heavy (non-hydrogen) atoms. The van der Waals surface area contributed by atoms with Crippen LogP contribution in [0.4, 0.5) is 5.69 Å². The van der Waals surface area contributed by atoms with Gasteiger partial charge in [0.1, 0.15) is 11.6 Å². The van der Waals surface area contributed by atoms with E-state index in [0.717, 1.165) is 17.2 Å². The fourth-order valence-electron chi connectivity index (χ4n) is 6.89. The number of fused-ring (bicyclic) bond motifs is 2. The molecule has 3 aliphatic heterocycles. The van der Waals surface area contributed by atoms with Crippen LogP contribution in [0.3, 0.4) is 0 Å². The number of carbonyl (C=O) groups is 3. The van der Waals surface area contributed by atoms with Crippen LogP contribution in [-0.2, 0) is 19.1 Å². The van der Waals surface area contributed by atoms with E-state index < -0.39 is 29.1 Å². The molecule has 2 aromatic carbocycles. The fraction of sp³-hybridized carbons (Fsp3) is 0.552. The third-order valence-corrected chi connectivity index (χ3v) is 8.59. The van der Waals surface area contributed by atoms with Crippen molar-refractivity contribution in [2.45, 2.75) is 69.6 Å². The standard InChI is InChI=1S/C29H37N3O5/c1-3-15-30-25(34)22-23-27(36)32(16-7-8-17-33)24(29(23)14-13-28(22,4-2)37-29)26(35)31-21-12-11-19-9-5-6-10-20(19)18-21/h5-6,9-12,18,22-24,33H,3-4,7-8,13-17H2,1-2H3,(H,30,34)(H,31,35)/t22-,23-,24?,28+,29?/m0/s1. The molecule has 198 valence electrons. The maximum atomic E-state index is 14.0. The van der Waals surface area contributed by atoms with Gasteiger partial charge in [0, 0.05) is 25.4 Å². The summed E-state index contributed by atoms with van der Waals surface area (Å²) in [4.78, 5) is 43.0. The highest BCUT2D eigenvalue weighted by atomic mass is 16.5. The van der Waals surface area contributed by atoms with Gasteiger partial charge in [-0.3, -0.25) is 14.4 Å². The zero-order chi connectivity index (χ0) is 26.2. The van der Waals surface area contributed by atoms with Crippen LogP contribution in [0.15, 0.2) is 42.5 Å². The Kier molecular flexibility index (Phi) is 6.98. The van der Waals surface area contributed by atoms with Crippen LogP contribution in [0, 0.1) is 11.8 Å². The van der Waals surface area contributed by atoms with E-state index >= 15 is 0 Å². The molecule has 1 spiro atoms. The number of carbonyl (C=O) groups excluding carboxylic acids is 3. The highest BCUT2D eigenvalue weighted by molar-refractivity contribution is 6.04. The van der Waals surface area contributed by atoms with Gasteiger partial charge in [-0.2, -0.15) is 0 Å². The summed E-state index contributed by atoms with van der Waals surface area (Å²) in [7, 11) is 0. The van der Waals surface area contributed by atoms with E-state index in [2.05, 4.69) is 10.6 Å². The fourth-order valence-corrected chi connectivity index (χ4v) is 6.89. The number of nitrogens with zero attached hydrogens (tertiary/aromatic N) is 1. The van der Waals surface area contributed by atoms with Gasteiger partial charge in [0.05, 0.1) is 17.4 Å². The zero-order valence-electron chi connectivity index (χ0n) is 21.7. The first kappa shape index (κ1) is 25.7. The van der Waals surface area contributed by atoms with Gasteiger partial charge in [0.15, 0.2) is 0 Å². The smallest absolute Gasteiger partial charge is 0.250 e. The van der Waals surface area contributed by atoms with Gasteiger partial charge in [-0.1, -0.05) is 44.2 Å². The summed E-state index contributed by atoms with van der Waals surface area (Å²) in [6, 6.07) is 12.8. The van der Waals surface area contributed by atoms with Gasteiger partial charge < -0.3 is 25.4 Å². The monoisotopic (exact) mass is 507 g/mol. The van der Waals surface area contributed by atoms with Crippen LogP contribution in [0.2, 0.25) is 0 Å². The number of rotatable bonds is 10. The molecule has 3 amide bonds. The number of anilines is 1. The molecule has 8 nitrogen and oxygen atoms in total. The van der Waals surface area contributed by atoms with Gasteiger partial charge in [-0.15, -0.1) is 0 Å². The predicted molar refractivity (Wildman–Crippen MR) is 141 cm³/mol. The van der Waals surface area contributed by atoms with Gasteiger partial charge >= 0.3 is 0 Å². The average Bonchev–Trinajstić information content (AvgIpc) is 3.51. The molecule has 0 aromatic heterocycles. The van der Waals surface area contributed by atoms with Crippen molar-refractivity contribution in [3.8, 4) is 0 Å². The third kappa shape index (κ3) is 4.10. The molecule has 3 N–H and O–H groups in total. The van der Waals surface area contributed by atoms with E-state index in [4.69, 9.17) is 4.74 Å². The number of aliphatic hydroxyl groups is 1. The maximum absolute atomic E-state index is 14.0. The van der Waals surface area contributed by atoms with Crippen molar-refractivity contribution >= 4 is 34.2 Å². The number of hydrogen-bond donors (Lipinski definition) is 3. The van der Waals surface area contributed by atoms with Crippen molar-refractivity contribution in [2.24, 2.45) is 11.8 Å². The molecule has 2 bridgehead atoms. The largest absolute Gasteiger partial charge is 0.396 e. The minimum atomic E-state index is -1.04. The van der Waals surface area contributed by atoms with E-state index in [0.29, 0.717) is 50.9 Å². The van der Waals surface area contributed by atoms with Crippen molar-refractivity contribution < 1.29 is 24.2 Å². The summed E-state index contributed by atoms with van der Waals surface area (Å²) in [5, 5.41) is 17.5. The molecule has 0 aliphatic carbocycles. The summed E-state index contributed by atoms with van der Waals surface area (Å²) in [5.41, 5.74) is -1.13. The Balaban J connectivity index is 1.50. The van der Waals surface area contributed by atoms with Crippen LogP contribution in [0.5, 0.6) is 0 Å². The molecular weight excluding hydrogens is 470 g/mol. The van der Waals surface area contributed by atoms with Crippen LogP contribution in [0.1, 0.15) is 52.4 Å². The van der Waals surface area contributed by atoms with Crippen molar-refractivity contribution in [1.29, 1.82) is 0 Å². The summed E-state index contributed by atoms with van der Waals surface area (Å²) >= 11 is 0. The van der Waals surface area contributed by atoms with Crippen LogP contribution in [-0.4, -0.2) is 64.7 Å². The van der Waals surface area contributed by atoms with Gasteiger partial charge in [0.25, 0.3) is 0 Å². The molecule has 5 rings (SSSR count). The first-order valence-electron chi connectivity index (χ1n) is 13.6. The summed E-state index contributed by atoms with van der Waals surface area (Å²) in [6.07, 6.45) is 3.69. The SMILES string of the molecule is CCCNC(=O)[C@@H]1[C@H]2C(=O)N(CCCCO)C(C(=O)Nc3ccc4ccccc4c3)C23CC[C@@]1(CC)O3. The van der Waals surface area contributed by atoms with Crippen LogP contribution >= 0.6 is 0 Å². The highest BCUT2D eigenvalue weighted by Crippen LogP contribution is 2.64. The molecule has 0 saturated carbocycles. The van der Waals surface area contributed by atoms with Crippen LogP contribution in [0.25, 0.3) is 10.8 Å². The number of amides is 3. The Bertz CT molecular complexity index is 1200. The summed E-state index contributed by atoms with van der Waals surface area (Å²) in [5.74, 6) is -1.96. The molecular formula is C29H37N3O5. The number of benzene rings is 2. The Hall–Kier alpha value is -2.97. The van der Waals surface area contributed by atoms with Gasteiger partial charge in [0.2, 0.25) is 17.7 Å². The second-order valence-electron chi connectivity index (χ2n) is 10.6. The number of nitrogens with one attached hydrogen (secondary N) is 2. The zero-order valence-corrected chi connectivity index (χ0v) is 21.7. The number of hydrogen-bond acceptors (Lipinski definition) is 5. The van der Waals surface area contributed by atoms with E-state index in [9.17, 15) is 19.5 Å². The molecule has 5 atom stereocenters. The third-order valence-electron chi connectivity index (χ3n) is 8.59. The molecule has 3 heterocycles. The number of aliphatic hydroxyl groups excluding tert-OH is 1. The number of unbranched alkanes of at least 4 members (excludes halogenated alkanes) is 1. The quantitative estimate of drug-likeness (QED) is 0.428. The first-order chi connectivity index (χ1) is 17.9. The van der Waals surface area contributed by atoms with Crippen molar-refractivity contribution in [3.63, 3.8) is 0 Å². The second-order valence-corrected chi connectivity index (χ2v) is 10.6. The van der Waals surface area contributed by atoms with Crippen molar-refractivity contribution in [2.75, 3.05) is 25.0 Å². The summed E-state index contributed by atoms with van der Waals surface area (Å²) in [6.45, 7) is 4.87. The van der Waals surface area contributed by atoms with E-state index in [1.165, 1.54) is 0 Å². The van der Waals surface area contributed by atoms with E-state index in [-0.39, 0.29) is 24.3 Å². The predicted octanol–water partition coefficient (Wildman–Crippen LogP) is 3.23. The van der Waals surface area contributed by atoms with Crippen molar-refractivity contribution in [1.82, 2.24) is 10.2 Å².